The molecule has 39 valence electrons. The monoisotopic (exact) mass is 138 g/mol. The van der Waals surface area contributed by atoms with E-state index < -0.39 is 11.9 Å². The second-order valence-electron chi connectivity index (χ2n) is 1.19. The number of nitriles is 1. The summed E-state index contributed by atoms with van der Waals surface area (Å²) in [6, 6.07) is 1.56. The van der Waals surface area contributed by atoms with Gasteiger partial charge in [0.1, 0.15) is 5.92 Å². The van der Waals surface area contributed by atoms with E-state index in [2.05, 4.69) is 0 Å². The Balaban J connectivity index is 0. The summed E-state index contributed by atoms with van der Waals surface area (Å²) < 4.78 is 0. The summed E-state index contributed by atoms with van der Waals surface area (Å²) in [5, 5.41) is 15.8. The zero-order chi connectivity index (χ0) is 5.86. The third-order valence-corrected chi connectivity index (χ3v) is 0.564. The topological polar surface area (TPSA) is 61.1 Å². The van der Waals surface area contributed by atoms with Crippen molar-refractivity contribution in [1.82, 2.24) is 0 Å². The summed E-state index contributed by atoms with van der Waals surface area (Å²) in [5.41, 5.74) is 0. The van der Waals surface area contributed by atoms with Gasteiger partial charge in [0.2, 0.25) is 0 Å². The molecular weight excluding hydrogens is 133 g/mol. The Morgan fingerprint density at radius 1 is 1.88 bits per heavy atom. The van der Waals surface area contributed by atoms with E-state index in [0.29, 0.717) is 0 Å². The zero-order valence-corrected chi connectivity index (χ0v) is 8.00. The van der Waals surface area contributed by atoms with Crippen molar-refractivity contribution in [2.45, 2.75) is 6.92 Å². The van der Waals surface area contributed by atoms with Crippen LogP contribution in [0.1, 0.15) is 6.92 Å². The van der Waals surface area contributed by atoms with Crippen LogP contribution in [0.15, 0.2) is 0 Å². The Morgan fingerprint density at radius 2 is 2.25 bits per heavy atom. The van der Waals surface area contributed by atoms with Crippen LogP contribution in [0.4, 0.5) is 0 Å². The first kappa shape index (κ1) is 11.4. The van der Waals surface area contributed by atoms with Crippen molar-refractivity contribution in [2.24, 2.45) is 5.92 Å². The van der Waals surface area contributed by atoms with Crippen molar-refractivity contribution in [2.75, 3.05) is 0 Å². The number of hydrogen-bond donors (Lipinski definition) is 1. The van der Waals surface area contributed by atoms with Crippen LogP contribution >= 0.6 is 0 Å². The van der Waals surface area contributed by atoms with E-state index in [1.165, 1.54) is 6.92 Å². The van der Waals surface area contributed by atoms with Crippen molar-refractivity contribution >= 4 is 57.4 Å². The summed E-state index contributed by atoms with van der Waals surface area (Å²) in [5.74, 6) is -1.94. The van der Waals surface area contributed by atoms with Gasteiger partial charge in [-0.3, -0.25) is 4.79 Å². The quantitative estimate of drug-likeness (QED) is 0.512. The van der Waals surface area contributed by atoms with Gasteiger partial charge in [-0.15, -0.1) is 0 Å². The van der Waals surface area contributed by atoms with Crippen LogP contribution in [0.5, 0.6) is 0 Å². The van der Waals surface area contributed by atoms with Crippen LogP contribution in [0, 0.1) is 17.2 Å². The molecule has 0 aromatic carbocycles. The average molecular weight is 138 g/mol. The molecule has 8 heavy (non-hydrogen) atoms. The van der Waals surface area contributed by atoms with Crippen molar-refractivity contribution in [3.8, 4) is 6.07 Å². The van der Waals surface area contributed by atoms with Gasteiger partial charge in [0.25, 0.3) is 0 Å². The van der Waals surface area contributed by atoms with Crippen LogP contribution in [-0.4, -0.2) is 62.5 Å². The Labute approximate surface area is 90.1 Å². The number of hydrogen-bond acceptors (Lipinski definition) is 2. The van der Waals surface area contributed by atoms with Gasteiger partial charge in [0.05, 0.1) is 6.07 Å². The normalized spacial score (nSPS) is 10.5. The van der Waals surface area contributed by atoms with Gasteiger partial charge in [-0.05, 0) is 6.92 Å². The second-order valence-corrected chi connectivity index (χ2v) is 1.19. The fourth-order valence-electron chi connectivity index (χ4n) is 0.0552. The molecule has 0 bridgehead atoms. The number of nitrogens with zero attached hydrogens (tertiary/aromatic N) is 1. The van der Waals surface area contributed by atoms with Crippen LogP contribution in [0.3, 0.4) is 0 Å². The van der Waals surface area contributed by atoms with Crippen molar-refractivity contribution in [3.05, 3.63) is 0 Å². The molecule has 3 nitrogen and oxygen atoms in total. The first-order valence-corrected chi connectivity index (χ1v) is 1.81. The molecule has 0 aliphatic heterocycles. The standard InChI is InChI=1S/C4H5NO2.K/c1-3(2-5)4(6)7;/h3H,1H3,(H,6,7);. The molecule has 0 fully saturated rings. The third kappa shape index (κ3) is 4.75. The first-order valence-electron chi connectivity index (χ1n) is 1.81. The molecule has 1 atom stereocenters. The molecule has 0 aliphatic rings. The predicted molar refractivity (Wildman–Crippen MR) is 28.2 cm³/mol. The molecule has 4 heteroatoms. The minimum absolute atomic E-state index is 0. The molecule has 0 saturated heterocycles. The molecule has 1 unspecified atom stereocenters. The van der Waals surface area contributed by atoms with E-state index >= 15 is 0 Å². The zero-order valence-electron chi connectivity index (χ0n) is 4.88. The summed E-state index contributed by atoms with van der Waals surface area (Å²) in [7, 11) is 0. The molecule has 0 rings (SSSR count). The number of carbonyl (C=O) groups is 1. The Hall–Kier alpha value is 0.596. The fraction of sp³-hybridized carbons (Fsp3) is 0.500. The SMILES string of the molecule is CC(C#N)C(=O)O.[K]. The van der Waals surface area contributed by atoms with Crippen molar-refractivity contribution in [1.29, 1.82) is 5.26 Å². The van der Waals surface area contributed by atoms with Gasteiger partial charge >= 0.3 is 5.97 Å². The molecule has 1 N–H and O–H groups in total. The van der Waals surface area contributed by atoms with E-state index in [9.17, 15) is 4.79 Å². The minimum atomic E-state index is -1.07. The minimum Gasteiger partial charge on any atom is -0.480 e. The Morgan fingerprint density at radius 3 is 2.25 bits per heavy atom. The molecule has 0 aromatic rings. The first-order chi connectivity index (χ1) is 3.18. The maximum Gasteiger partial charge on any atom is 0.320 e. The number of aliphatic carboxylic acids is 1. The Bertz CT molecular complexity index is 118. The third-order valence-electron chi connectivity index (χ3n) is 0.564. The number of rotatable bonds is 1. The molecular formula is C4H5KNO2. The number of carboxylic acid groups (broad SMARTS) is 1. The summed E-state index contributed by atoms with van der Waals surface area (Å²) in [6.07, 6.45) is 0. The smallest absolute Gasteiger partial charge is 0.320 e. The largest absolute Gasteiger partial charge is 0.480 e. The van der Waals surface area contributed by atoms with E-state index in [0.717, 1.165) is 0 Å². The van der Waals surface area contributed by atoms with Gasteiger partial charge in [-0.25, -0.2) is 0 Å². The van der Waals surface area contributed by atoms with E-state index in [1.54, 1.807) is 6.07 Å². The van der Waals surface area contributed by atoms with Crippen LogP contribution in [0.2, 0.25) is 0 Å². The van der Waals surface area contributed by atoms with Crippen LogP contribution in [0.25, 0.3) is 0 Å². The second kappa shape index (κ2) is 5.73. The molecule has 0 aliphatic carbocycles. The molecule has 0 amide bonds. The number of carboxylic acids is 1. The molecule has 1 radical (unpaired) electrons. The maximum absolute atomic E-state index is 9.71. The van der Waals surface area contributed by atoms with E-state index in [1.807, 2.05) is 0 Å². The Kier molecular flexibility index (Phi) is 8.16. The molecule has 0 spiro atoms. The molecule has 0 aromatic heterocycles. The summed E-state index contributed by atoms with van der Waals surface area (Å²) >= 11 is 0. The van der Waals surface area contributed by atoms with Gasteiger partial charge in [-0.2, -0.15) is 5.26 Å². The summed E-state index contributed by atoms with van der Waals surface area (Å²) in [4.78, 5) is 9.71. The molecule has 0 heterocycles. The van der Waals surface area contributed by atoms with E-state index in [4.69, 9.17) is 10.4 Å². The predicted octanol–water partition coefficient (Wildman–Crippen LogP) is -0.150. The van der Waals surface area contributed by atoms with Crippen LogP contribution < -0.4 is 0 Å². The summed E-state index contributed by atoms with van der Waals surface area (Å²) in [6.45, 7) is 1.34. The van der Waals surface area contributed by atoms with Crippen molar-refractivity contribution in [3.63, 3.8) is 0 Å². The fourth-order valence-corrected chi connectivity index (χ4v) is 0.0552. The van der Waals surface area contributed by atoms with Gasteiger partial charge in [-0.1, -0.05) is 0 Å². The van der Waals surface area contributed by atoms with Gasteiger partial charge in [0, 0.05) is 51.4 Å². The molecule has 0 saturated carbocycles. The van der Waals surface area contributed by atoms with E-state index in [-0.39, 0.29) is 51.4 Å². The van der Waals surface area contributed by atoms with Gasteiger partial charge < -0.3 is 5.11 Å². The average Bonchev–Trinajstić information content (AvgIpc) is 1.65. The van der Waals surface area contributed by atoms with Crippen LogP contribution in [-0.2, 0) is 4.79 Å². The maximum atomic E-state index is 9.71. The van der Waals surface area contributed by atoms with Gasteiger partial charge in [0.15, 0.2) is 0 Å². The van der Waals surface area contributed by atoms with Crippen molar-refractivity contribution < 1.29 is 9.90 Å².